The molecule has 0 heterocycles. The molecule has 0 bridgehead atoms. The molecule has 1 amide bonds. The Hall–Kier alpha value is -1.42. The molecule has 1 aromatic rings. The lowest BCUT2D eigenvalue weighted by molar-refractivity contribution is -0.120. The van der Waals surface area contributed by atoms with E-state index in [9.17, 15) is 9.18 Å². The van der Waals surface area contributed by atoms with E-state index in [1.54, 1.807) is 19.1 Å². The van der Waals surface area contributed by atoms with Crippen LogP contribution in [0.2, 0.25) is 0 Å². The smallest absolute Gasteiger partial charge is 0.228 e. The summed E-state index contributed by atoms with van der Waals surface area (Å²) in [5.74, 6) is -0.516. The minimum absolute atomic E-state index is 0.209. The van der Waals surface area contributed by atoms with Crippen LogP contribution in [0.4, 0.5) is 10.1 Å². The summed E-state index contributed by atoms with van der Waals surface area (Å²) in [5, 5.41) is 2.64. The molecule has 4 heteroatoms. The molecule has 18 heavy (non-hydrogen) atoms. The largest absolute Gasteiger partial charge is 0.330 e. The number of para-hydroxylation sites is 1. The number of rotatable bonds is 5. The van der Waals surface area contributed by atoms with Crippen molar-refractivity contribution in [3.05, 3.63) is 29.6 Å². The van der Waals surface area contributed by atoms with Gasteiger partial charge < -0.3 is 11.1 Å². The van der Waals surface area contributed by atoms with Crippen molar-refractivity contribution in [3.63, 3.8) is 0 Å². The zero-order chi connectivity index (χ0) is 13.7. The van der Waals surface area contributed by atoms with Crippen LogP contribution < -0.4 is 11.1 Å². The van der Waals surface area contributed by atoms with Crippen molar-refractivity contribution in [2.75, 3.05) is 11.9 Å². The fourth-order valence-corrected chi connectivity index (χ4v) is 1.89. The lowest BCUT2D eigenvalue weighted by Crippen LogP contribution is -2.30. The zero-order valence-electron chi connectivity index (χ0n) is 11.2. The van der Waals surface area contributed by atoms with Crippen LogP contribution in [0.25, 0.3) is 0 Å². The predicted octanol–water partition coefficient (Wildman–Crippen LogP) is 2.69. The minimum atomic E-state index is -0.413. The molecule has 1 unspecified atom stereocenters. The average molecular weight is 252 g/mol. The number of halogens is 1. The Labute approximate surface area is 108 Å². The van der Waals surface area contributed by atoms with Gasteiger partial charge in [-0.3, -0.25) is 4.79 Å². The van der Waals surface area contributed by atoms with Crippen LogP contribution in [0.1, 0.15) is 25.8 Å². The topological polar surface area (TPSA) is 55.1 Å². The summed E-state index contributed by atoms with van der Waals surface area (Å²) in [6.45, 7) is 6.10. The molecule has 0 aliphatic heterocycles. The van der Waals surface area contributed by atoms with Gasteiger partial charge in [0.25, 0.3) is 0 Å². The van der Waals surface area contributed by atoms with Crippen LogP contribution >= 0.6 is 0 Å². The summed E-state index contributed by atoms with van der Waals surface area (Å²) < 4.78 is 13.6. The molecule has 0 aliphatic rings. The standard InChI is InChI=1S/C14H21FN2O/c1-9(2)7-11(8-16)14(18)17-13-10(3)5-4-6-12(13)15/h4-6,9,11H,7-8,16H2,1-3H3,(H,17,18). The predicted molar refractivity (Wildman–Crippen MR) is 71.8 cm³/mol. The maximum absolute atomic E-state index is 13.6. The van der Waals surface area contributed by atoms with Gasteiger partial charge in [0.1, 0.15) is 5.82 Å². The van der Waals surface area contributed by atoms with Crippen molar-refractivity contribution in [3.8, 4) is 0 Å². The van der Waals surface area contributed by atoms with Crippen molar-refractivity contribution in [2.45, 2.75) is 27.2 Å². The molecule has 1 aromatic carbocycles. The number of hydrogen-bond acceptors (Lipinski definition) is 2. The van der Waals surface area contributed by atoms with E-state index in [0.29, 0.717) is 17.9 Å². The molecular formula is C14H21FN2O. The Kier molecular flexibility index (Phi) is 5.28. The summed E-state index contributed by atoms with van der Waals surface area (Å²) in [5.41, 5.74) is 6.56. The van der Waals surface area contributed by atoms with Crippen LogP contribution in [0.3, 0.4) is 0 Å². The van der Waals surface area contributed by atoms with Gasteiger partial charge in [-0.25, -0.2) is 4.39 Å². The summed E-state index contributed by atoms with van der Waals surface area (Å²) in [7, 11) is 0. The summed E-state index contributed by atoms with van der Waals surface area (Å²) >= 11 is 0. The Morgan fingerprint density at radius 1 is 1.44 bits per heavy atom. The molecule has 0 fully saturated rings. The van der Waals surface area contributed by atoms with Crippen molar-refractivity contribution < 1.29 is 9.18 Å². The first-order valence-corrected chi connectivity index (χ1v) is 6.21. The first kappa shape index (κ1) is 14.6. The van der Waals surface area contributed by atoms with Gasteiger partial charge in [0.15, 0.2) is 0 Å². The number of anilines is 1. The van der Waals surface area contributed by atoms with Crippen LogP contribution in [-0.4, -0.2) is 12.5 Å². The van der Waals surface area contributed by atoms with E-state index in [0.717, 1.165) is 0 Å². The van der Waals surface area contributed by atoms with Gasteiger partial charge in [0.05, 0.1) is 11.6 Å². The van der Waals surface area contributed by atoms with Gasteiger partial charge in [-0.05, 0) is 30.9 Å². The summed E-state index contributed by atoms with van der Waals surface area (Å²) in [6, 6.07) is 4.72. The molecule has 0 radical (unpaired) electrons. The highest BCUT2D eigenvalue weighted by atomic mass is 19.1. The van der Waals surface area contributed by atoms with Crippen LogP contribution in [0.5, 0.6) is 0 Å². The number of carbonyl (C=O) groups excluding carboxylic acids is 1. The fraction of sp³-hybridized carbons (Fsp3) is 0.500. The van der Waals surface area contributed by atoms with E-state index >= 15 is 0 Å². The van der Waals surface area contributed by atoms with E-state index in [2.05, 4.69) is 5.32 Å². The SMILES string of the molecule is Cc1cccc(F)c1NC(=O)C(CN)CC(C)C. The second-order valence-electron chi connectivity index (χ2n) is 4.98. The lowest BCUT2D eigenvalue weighted by atomic mass is 9.96. The van der Waals surface area contributed by atoms with Gasteiger partial charge in [-0.1, -0.05) is 26.0 Å². The highest BCUT2D eigenvalue weighted by Crippen LogP contribution is 2.20. The van der Waals surface area contributed by atoms with E-state index < -0.39 is 5.82 Å². The molecular weight excluding hydrogens is 231 g/mol. The number of aryl methyl sites for hydroxylation is 1. The zero-order valence-corrected chi connectivity index (χ0v) is 11.2. The molecule has 0 aliphatic carbocycles. The third-order valence-electron chi connectivity index (χ3n) is 2.88. The summed E-state index contributed by atoms with van der Waals surface area (Å²) in [4.78, 5) is 12.0. The van der Waals surface area contributed by atoms with Crippen LogP contribution in [-0.2, 0) is 4.79 Å². The monoisotopic (exact) mass is 252 g/mol. The molecule has 0 saturated heterocycles. The maximum Gasteiger partial charge on any atom is 0.228 e. The Morgan fingerprint density at radius 2 is 2.11 bits per heavy atom. The van der Waals surface area contributed by atoms with E-state index in [4.69, 9.17) is 5.73 Å². The molecule has 1 rings (SSSR count). The van der Waals surface area contributed by atoms with Crippen LogP contribution in [0, 0.1) is 24.6 Å². The Morgan fingerprint density at radius 3 is 2.61 bits per heavy atom. The normalized spacial score (nSPS) is 12.6. The first-order valence-electron chi connectivity index (χ1n) is 6.21. The molecule has 0 aromatic heterocycles. The Bertz CT molecular complexity index is 398. The average Bonchev–Trinajstić information content (AvgIpc) is 2.30. The quantitative estimate of drug-likeness (QED) is 0.846. The van der Waals surface area contributed by atoms with E-state index in [1.807, 2.05) is 13.8 Å². The van der Waals surface area contributed by atoms with E-state index in [-0.39, 0.29) is 24.1 Å². The van der Waals surface area contributed by atoms with Crippen molar-refractivity contribution in [2.24, 2.45) is 17.6 Å². The number of nitrogens with one attached hydrogen (secondary N) is 1. The third-order valence-corrected chi connectivity index (χ3v) is 2.88. The molecule has 0 spiro atoms. The second kappa shape index (κ2) is 6.50. The van der Waals surface area contributed by atoms with Crippen molar-refractivity contribution >= 4 is 11.6 Å². The van der Waals surface area contributed by atoms with Crippen molar-refractivity contribution in [1.29, 1.82) is 0 Å². The van der Waals surface area contributed by atoms with E-state index in [1.165, 1.54) is 6.07 Å². The van der Waals surface area contributed by atoms with Crippen LogP contribution in [0.15, 0.2) is 18.2 Å². The minimum Gasteiger partial charge on any atom is -0.330 e. The lowest BCUT2D eigenvalue weighted by Gasteiger charge is -2.18. The van der Waals surface area contributed by atoms with Crippen molar-refractivity contribution in [1.82, 2.24) is 0 Å². The Balaban J connectivity index is 2.80. The third kappa shape index (κ3) is 3.81. The second-order valence-corrected chi connectivity index (χ2v) is 4.98. The number of nitrogens with two attached hydrogens (primary N) is 1. The molecule has 3 N–H and O–H groups in total. The summed E-state index contributed by atoms with van der Waals surface area (Å²) in [6.07, 6.45) is 0.704. The highest BCUT2D eigenvalue weighted by molar-refractivity contribution is 5.93. The number of carbonyl (C=O) groups is 1. The molecule has 1 atom stereocenters. The highest BCUT2D eigenvalue weighted by Gasteiger charge is 2.19. The first-order chi connectivity index (χ1) is 8.45. The van der Waals surface area contributed by atoms with Gasteiger partial charge in [-0.15, -0.1) is 0 Å². The molecule has 3 nitrogen and oxygen atoms in total. The van der Waals surface area contributed by atoms with Gasteiger partial charge in [0.2, 0.25) is 5.91 Å². The molecule has 0 saturated carbocycles. The number of benzene rings is 1. The molecule has 100 valence electrons. The van der Waals surface area contributed by atoms with Gasteiger partial charge in [-0.2, -0.15) is 0 Å². The van der Waals surface area contributed by atoms with Gasteiger partial charge >= 0.3 is 0 Å². The number of hydrogen-bond donors (Lipinski definition) is 2. The number of amides is 1. The fourth-order valence-electron chi connectivity index (χ4n) is 1.89. The van der Waals surface area contributed by atoms with Gasteiger partial charge in [0, 0.05) is 6.54 Å². The maximum atomic E-state index is 13.6.